The summed E-state index contributed by atoms with van der Waals surface area (Å²) in [7, 11) is 0. The Morgan fingerprint density at radius 3 is 2.40 bits per heavy atom. The van der Waals surface area contributed by atoms with Crippen molar-refractivity contribution in [3.63, 3.8) is 0 Å². The summed E-state index contributed by atoms with van der Waals surface area (Å²) < 4.78 is 7.07. The molecule has 0 unspecified atom stereocenters. The third-order valence-corrected chi connectivity index (χ3v) is 8.28. The minimum absolute atomic E-state index is 0. The Labute approximate surface area is 218 Å². The number of piperidine rings is 3. The number of benzene rings is 1. The van der Waals surface area contributed by atoms with Crippen LogP contribution in [0, 0.1) is 5.92 Å². The second-order valence-electron chi connectivity index (χ2n) is 10.4. The van der Waals surface area contributed by atoms with Crippen LogP contribution in [0.15, 0.2) is 48.9 Å². The fourth-order valence-corrected chi connectivity index (χ4v) is 6.38. The van der Waals surface area contributed by atoms with Crippen LogP contribution in [-0.4, -0.2) is 58.6 Å². The van der Waals surface area contributed by atoms with Crippen LogP contribution in [0.3, 0.4) is 0 Å². The number of rotatable bonds is 6. The Morgan fingerprint density at radius 1 is 1.03 bits per heavy atom. The molecule has 6 rings (SSSR count). The highest BCUT2D eigenvalue weighted by Crippen LogP contribution is 2.42. The second kappa shape index (κ2) is 11.2. The molecule has 1 aliphatic carbocycles. The topological polar surface area (TPSA) is 81.2 Å². The molecule has 35 heavy (non-hydrogen) atoms. The number of nitrogens with zero attached hydrogens (tertiary/aromatic N) is 3. The summed E-state index contributed by atoms with van der Waals surface area (Å²) in [6.45, 7) is 3.00. The van der Waals surface area contributed by atoms with Crippen LogP contribution in [-0.2, 0) is 19.7 Å². The lowest BCUT2D eigenvalue weighted by molar-refractivity contribution is -0.939. The normalized spacial score (nSPS) is 27.2. The number of carbonyl (C=O) groups is 2. The van der Waals surface area contributed by atoms with E-state index in [1.54, 1.807) is 18.6 Å². The summed E-state index contributed by atoms with van der Waals surface area (Å²) in [5.74, 6) is 0.751. The van der Waals surface area contributed by atoms with Crippen molar-refractivity contribution >= 4 is 17.7 Å². The van der Waals surface area contributed by atoms with Crippen molar-refractivity contribution < 1.29 is 35.8 Å². The molecule has 188 valence electrons. The van der Waals surface area contributed by atoms with Gasteiger partial charge in [0.1, 0.15) is 6.54 Å². The largest absolute Gasteiger partial charge is 1.00 e. The van der Waals surface area contributed by atoms with E-state index < -0.39 is 5.41 Å². The average molecular weight is 544 g/mol. The van der Waals surface area contributed by atoms with Crippen LogP contribution in [0.2, 0.25) is 0 Å². The molecule has 2 bridgehead atoms. The summed E-state index contributed by atoms with van der Waals surface area (Å²) in [4.78, 5) is 34.8. The van der Waals surface area contributed by atoms with Gasteiger partial charge in [-0.05, 0) is 18.4 Å². The molecule has 1 aromatic carbocycles. The predicted molar refractivity (Wildman–Crippen MR) is 129 cm³/mol. The van der Waals surface area contributed by atoms with E-state index in [0.29, 0.717) is 22.8 Å². The van der Waals surface area contributed by atoms with E-state index in [4.69, 9.17) is 4.74 Å². The zero-order valence-electron chi connectivity index (χ0n) is 20.2. The maximum atomic E-state index is 13.9. The van der Waals surface area contributed by atoms with Crippen molar-refractivity contribution in [2.24, 2.45) is 5.92 Å². The number of aromatic nitrogens is 2. The minimum atomic E-state index is -0.544. The van der Waals surface area contributed by atoms with Gasteiger partial charge in [0.2, 0.25) is 0 Å². The van der Waals surface area contributed by atoms with Gasteiger partial charge in [0.05, 0.1) is 24.7 Å². The number of fused-ring (bicyclic) bond motifs is 3. The molecule has 1 N–H and O–H groups in total. The van der Waals surface area contributed by atoms with E-state index in [0.717, 1.165) is 63.7 Å². The fourth-order valence-electron chi connectivity index (χ4n) is 6.38. The van der Waals surface area contributed by atoms with Crippen LogP contribution >= 0.6 is 0 Å². The van der Waals surface area contributed by atoms with Crippen molar-refractivity contribution in [1.82, 2.24) is 9.97 Å². The molecule has 2 aromatic rings. The summed E-state index contributed by atoms with van der Waals surface area (Å²) in [5.41, 5.74) is 0.549. The number of ether oxygens (including phenoxy) is 1. The summed E-state index contributed by atoms with van der Waals surface area (Å²) in [5, 5.41) is 2.87. The number of amides is 1. The first-order valence-electron chi connectivity index (χ1n) is 12.8. The molecule has 1 saturated carbocycles. The third kappa shape index (κ3) is 5.59. The van der Waals surface area contributed by atoms with Gasteiger partial charge < -0.3 is 31.5 Å². The maximum absolute atomic E-state index is 13.9. The molecule has 7 nitrogen and oxygen atoms in total. The van der Waals surface area contributed by atoms with E-state index in [2.05, 4.69) is 27.4 Å². The Bertz CT molecular complexity index is 988. The van der Waals surface area contributed by atoms with Gasteiger partial charge in [-0.1, -0.05) is 56.0 Å². The summed E-state index contributed by atoms with van der Waals surface area (Å²) in [6.07, 6.45) is 12.8. The Balaban J connectivity index is 0.00000289. The highest BCUT2D eigenvalue weighted by Gasteiger charge is 2.51. The van der Waals surface area contributed by atoms with Crippen LogP contribution in [0.25, 0.3) is 0 Å². The van der Waals surface area contributed by atoms with Crippen LogP contribution in [0.4, 0.5) is 5.82 Å². The maximum Gasteiger partial charge on any atom is 0.317 e. The lowest BCUT2D eigenvalue weighted by Crippen LogP contribution is -3.00. The van der Waals surface area contributed by atoms with Gasteiger partial charge in [-0.25, -0.2) is 4.98 Å². The predicted octanol–water partition coefficient (Wildman–Crippen LogP) is 0.864. The number of esters is 1. The van der Waals surface area contributed by atoms with Gasteiger partial charge >= 0.3 is 5.97 Å². The van der Waals surface area contributed by atoms with Crippen LogP contribution in [0.1, 0.15) is 56.9 Å². The standard InChI is InChI=1S/C27H34N4O3.BrH/c32-25(30-24-18-28-14-15-29-24)20-31-16-10-21(11-17-31)23(19-31)34-26(33)27(12-6-1-2-7-13-27)22-8-4-3-5-9-22;/h3-5,8-9,14-15,18,21,23H,1-2,6-7,10-13,16-17,19-20H2;1H/t21?,23-,31?;/m0./s1. The Kier molecular flexibility index (Phi) is 8.22. The molecular formula is C27H35BrN4O3. The number of hydrogen-bond donors (Lipinski definition) is 1. The molecule has 3 aliphatic heterocycles. The number of halogens is 1. The monoisotopic (exact) mass is 542 g/mol. The molecule has 1 aromatic heterocycles. The smallest absolute Gasteiger partial charge is 0.317 e. The number of quaternary nitrogens is 1. The van der Waals surface area contributed by atoms with Gasteiger partial charge in [-0.2, -0.15) is 0 Å². The molecule has 3 saturated heterocycles. The van der Waals surface area contributed by atoms with Crippen molar-refractivity contribution in [2.45, 2.75) is 62.9 Å². The van der Waals surface area contributed by atoms with Gasteiger partial charge in [0, 0.05) is 31.2 Å². The Hall–Kier alpha value is -2.32. The summed E-state index contributed by atoms with van der Waals surface area (Å²) >= 11 is 0. The van der Waals surface area contributed by atoms with Crippen molar-refractivity contribution in [3.05, 3.63) is 54.5 Å². The van der Waals surface area contributed by atoms with E-state index in [1.165, 1.54) is 12.8 Å². The average Bonchev–Trinajstić information content (AvgIpc) is 3.13. The molecule has 4 heterocycles. The zero-order valence-corrected chi connectivity index (χ0v) is 21.8. The van der Waals surface area contributed by atoms with Crippen molar-refractivity contribution in [3.8, 4) is 0 Å². The van der Waals surface area contributed by atoms with Gasteiger partial charge in [-0.15, -0.1) is 0 Å². The van der Waals surface area contributed by atoms with E-state index in [9.17, 15) is 9.59 Å². The van der Waals surface area contributed by atoms with E-state index in [1.807, 2.05) is 18.2 Å². The molecule has 1 atom stereocenters. The fraction of sp³-hybridized carbons (Fsp3) is 0.556. The van der Waals surface area contributed by atoms with E-state index >= 15 is 0 Å². The second-order valence-corrected chi connectivity index (χ2v) is 10.4. The first-order valence-corrected chi connectivity index (χ1v) is 12.8. The zero-order chi connectivity index (χ0) is 23.4. The van der Waals surface area contributed by atoms with Crippen LogP contribution < -0.4 is 22.3 Å². The lowest BCUT2D eigenvalue weighted by Gasteiger charge is -2.52. The SMILES string of the molecule is O=C(C[N+]12CCC(CC1)[C@@H](OC(=O)C1(c3ccccc3)CCCCCC1)C2)Nc1cnccn1.[Br-]. The summed E-state index contributed by atoms with van der Waals surface area (Å²) in [6, 6.07) is 10.2. The van der Waals surface area contributed by atoms with Gasteiger partial charge in [-0.3, -0.25) is 14.6 Å². The quantitative estimate of drug-likeness (QED) is 0.332. The lowest BCUT2D eigenvalue weighted by atomic mass is 9.74. The third-order valence-electron chi connectivity index (χ3n) is 8.28. The molecule has 0 spiro atoms. The first-order chi connectivity index (χ1) is 16.6. The number of hydrogen-bond acceptors (Lipinski definition) is 5. The highest BCUT2D eigenvalue weighted by molar-refractivity contribution is 5.90. The van der Waals surface area contributed by atoms with Crippen LogP contribution in [0.5, 0.6) is 0 Å². The molecule has 4 aliphatic rings. The Morgan fingerprint density at radius 2 is 1.74 bits per heavy atom. The number of nitrogens with one attached hydrogen (secondary N) is 1. The van der Waals surface area contributed by atoms with Crippen molar-refractivity contribution in [2.75, 3.05) is 31.5 Å². The van der Waals surface area contributed by atoms with Gasteiger partial charge in [0.15, 0.2) is 18.5 Å². The highest BCUT2D eigenvalue weighted by atomic mass is 79.9. The molecule has 8 heteroatoms. The first kappa shape index (κ1) is 25.8. The molecule has 4 fully saturated rings. The van der Waals surface area contributed by atoms with Gasteiger partial charge in [0.25, 0.3) is 5.91 Å². The van der Waals surface area contributed by atoms with E-state index in [-0.39, 0.29) is 35.0 Å². The number of carbonyl (C=O) groups excluding carboxylic acids is 2. The molecular weight excluding hydrogens is 508 g/mol. The number of anilines is 1. The molecule has 1 amide bonds. The molecule has 0 radical (unpaired) electrons. The van der Waals surface area contributed by atoms with Crippen molar-refractivity contribution in [1.29, 1.82) is 0 Å². The minimum Gasteiger partial charge on any atom is -1.00 e.